The second-order valence-corrected chi connectivity index (χ2v) is 4.43. The first kappa shape index (κ1) is 10.5. The number of nitrogens with two attached hydrogens (primary N) is 1. The first-order chi connectivity index (χ1) is 7.35. The summed E-state index contributed by atoms with van der Waals surface area (Å²) in [6, 6.07) is 6.09. The number of para-hydroxylation sites is 1. The van der Waals surface area contributed by atoms with Gasteiger partial charge in [-0.2, -0.15) is 11.8 Å². The molecule has 2 rings (SSSR count). The molecule has 0 bridgehead atoms. The number of aryl methyl sites for hydroxylation is 1. The third-order valence-corrected chi connectivity index (χ3v) is 3.02. The van der Waals surface area contributed by atoms with Crippen LogP contribution in [0.3, 0.4) is 0 Å². The number of aromatic amines is 1. The van der Waals surface area contributed by atoms with Crippen LogP contribution in [0.2, 0.25) is 0 Å². The largest absolute Gasteiger partial charge is 0.342 e. The molecule has 0 aliphatic heterocycles. The lowest BCUT2D eigenvalue weighted by Gasteiger charge is -1.95. The lowest BCUT2D eigenvalue weighted by Crippen LogP contribution is -1.96. The van der Waals surface area contributed by atoms with Crippen LogP contribution in [0, 0.1) is 0 Å². The van der Waals surface area contributed by atoms with Gasteiger partial charge in [0.2, 0.25) is 0 Å². The number of thioether (sulfide) groups is 1. The SMILES string of the molecule is CSCCc1nc2c(CN)cccc2[nH]1. The van der Waals surface area contributed by atoms with Crippen molar-refractivity contribution in [3.8, 4) is 0 Å². The molecule has 1 aromatic carbocycles. The van der Waals surface area contributed by atoms with Gasteiger partial charge in [0.15, 0.2) is 0 Å². The van der Waals surface area contributed by atoms with Crippen LogP contribution in [0.1, 0.15) is 11.4 Å². The number of aromatic nitrogens is 2. The molecular weight excluding hydrogens is 206 g/mol. The van der Waals surface area contributed by atoms with Crippen LogP contribution >= 0.6 is 11.8 Å². The highest BCUT2D eigenvalue weighted by Gasteiger charge is 2.05. The van der Waals surface area contributed by atoms with Crippen molar-refractivity contribution in [2.24, 2.45) is 5.73 Å². The summed E-state index contributed by atoms with van der Waals surface area (Å²) in [6.45, 7) is 0.546. The summed E-state index contributed by atoms with van der Waals surface area (Å²) < 4.78 is 0. The predicted molar refractivity (Wildman–Crippen MR) is 66.1 cm³/mol. The molecule has 0 aliphatic carbocycles. The van der Waals surface area contributed by atoms with E-state index in [2.05, 4.69) is 16.2 Å². The Morgan fingerprint density at radius 1 is 1.47 bits per heavy atom. The molecule has 0 saturated carbocycles. The van der Waals surface area contributed by atoms with E-state index in [1.165, 1.54) is 0 Å². The van der Waals surface area contributed by atoms with E-state index >= 15 is 0 Å². The van der Waals surface area contributed by atoms with E-state index < -0.39 is 0 Å². The Morgan fingerprint density at radius 2 is 2.33 bits per heavy atom. The van der Waals surface area contributed by atoms with E-state index in [9.17, 15) is 0 Å². The van der Waals surface area contributed by atoms with Gasteiger partial charge in [0.1, 0.15) is 5.82 Å². The third-order valence-electron chi connectivity index (χ3n) is 2.41. The molecule has 1 heterocycles. The highest BCUT2D eigenvalue weighted by atomic mass is 32.2. The fraction of sp³-hybridized carbons (Fsp3) is 0.364. The van der Waals surface area contributed by atoms with Crippen molar-refractivity contribution in [1.82, 2.24) is 9.97 Å². The minimum Gasteiger partial charge on any atom is -0.342 e. The summed E-state index contributed by atoms with van der Waals surface area (Å²) >= 11 is 1.83. The number of hydrogen-bond acceptors (Lipinski definition) is 3. The molecule has 0 amide bonds. The topological polar surface area (TPSA) is 54.7 Å². The molecule has 0 spiro atoms. The van der Waals surface area contributed by atoms with E-state index in [0.717, 1.165) is 34.6 Å². The second kappa shape index (κ2) is 4.68. The standard InChI is InChI=1S/C11H15N3S/c1-15-6-5-10-13-9-4-2-3-8(7-12)11(9)14-10/h2-4H,5-7,12H2,1H3,(H,13,14). The van der Waals surface area contributed by atoms with Gasteiger partial charge in [0, 0.05) is 18.7 Å². The van der Waals surface area contributed by atoms with E-state index in [-0.39, 0.29) is 0 Å². The molecule has 0 unspecified atom stereocenters. The number of hydrogen-bond donors (Lipinski definition) is 2. The Morgan fingerprint density at radius 3 is 3.07 bits per heavy atom. The summed E-state index contributed by atoms with van der Waals surface area (Å²) in [5.41, 5.74) is 8.89. The lowest BCUT2D eigenvalue weighted by atomic mass is 10.2. The molecule has 3 N–H and O–H groups in total. The van der Waals surface area contributed by atoms with Gasteiger partial charge in [-0.25, -0.2) is 4.98 Å². The minimum atomic E-state index is 0.546. The quantitative estimate of drug-likeness (QED) is 0.829. The van der Waals surface area contributed by atoms with Crippen LogP contribution in [-0.4, -0.2) is 22.0 Å². The Hall–Kier alpha value is -1.00. The van der Waals surface area contributed by atoms with Crippen LogP contribution in [0.4, 0.5) is 0 Å². The van der Waals surface area contributed by atoms with Crippen molar-refractivity contribution in [3.63, 3.8) is 0 Å². The third kappa shape index (κ3) is 2.16. The van der Waals surface area contributed by atoms with Crippen molar-refractivity contribution in [3.05, 3.63) is 29.6 Å². The maximum absolute atomic E-state index is 5.67. The Bertz CT molecular complexity index is 450. The van der Waals surface area contributed by atoms with Crippen molar-refractivity contribution in [2.75, 3.05) is 12.0 Å². The normalized spacial score (nSPS) is 11.1. The van der Waals surface area contributed by atoms with Gasteiger partial charge < -0.3 is 10.7 Å². The van der Waals surface area contributed by atoms with Crippen LogP contribution < -0.4 is 5.73 Å². The van der Waals surface area contributed by atoms with Gasteiger partial charge in [-0.3, -0.25) is 0 Å². The lowest BCUT2D eigenvalue weighted by molar-refractivity contribution is 1.01. The molecule has 4 heteroatoms. The van der Waals surface area contributed by atoms with Crippen molar-refractivity contribution < 1.29 is 0 Å². The molecule has 1 aromatic heterocycles. The van der Waals surface area contributed by atoms with Crippen molar-refractivity contribution in [2.45, 2.75) is 13.0 Å². The van der Waals surface area contributed by atoms with Gasteiger partial charge in [0.25, 0.3) is 0 Å². The second-order valence-electron chi connectivity index (χ2n) is 3.44. The first-order valence-electron chi connectivity index (χ1n) is 5.00. The number of fused-ring (bicyclic) bond motifs is 1. The van der Waals surface area contributed by atoms with Gasteiger partial charge in [0.05, 0.1) is 11.0 Å². The zero-order valence-electron chi connectivity index (χ0n) is 8.79. The highest BCUT2D eigenvalue weighted by Crippen LogP contribution is 2.16. The molecule has 0 radical (unpaired) electrons. The summed E-state index contributed by atoms with van der Waals surface area (Å²) in [5, 5.41) is 0. The summed E-state index contributed by atoms with van der Waals surface area (Å²) in [4.78, 5) is 7.90. The maximum atomic E-state index is 5.67. The molecule has 2 aromatic rings. The molecule has 3 nitrogen and oxygen atoms in total. The molecule has 15 heavy (non-hydrogen) atoms. The molecule has 0 saturated heterocycles. The van der Waals surface area contributed by atoms with Crippen molar-refractivity contribution in [1.29, 1.82) is 0 Å². The van der Waals surface area contributed by atoms with Gasteiger partial charge in [-0.1, -0.05) is 12.1 Å². The summed E-state index contributed by atoms with van der Waals surface area (Å²) in [7, 11) is 0. The molecule has 0 fully saturated rings. The Kier molecular flexibility index (Phi) is 3.28. The smallest absolute Gasteiger partial charge is 0.108 e. The minimum absolute atomic E-state index is 0.546. The predicted octanol–water partition coefficient (Wildman–Crippen LogP) is 1.93. The summed E-state index contributed by atoms with van der Waals surface area (Å²) in [5.74, 6) is 2.15. The van der Waals surface area contributed by atoms with Crippen LogP contribution in [0.5, 0.6) is 0 Å². The van der Waals surface area contributed by atoms with E-state index in [4.69, 9.17) is 5.73 Å². The van der Waals surface area contributed by atoms with E-state index in [1.807, 2.05) is 30.0 Å². The van der Waals surface area contributed by atoms with E-state index in [1.54, 1.807) is 0 Å². The number of H-pyrrole nitrogens is 1. The average Bonchev–Trinajstić information content (AvgIpc) is 2.68. The zero-order valence-corrected chi connectivity index (χ0v) is 9.60. The molecule has 0 aliphatic rings. The molecule has 80 valence electrons. The number of nitrogens with zero attached hydrogens (tertiary/aromatic N) is 1. The Balaban J connectivity index is 2.37. The highest BCUT2D eigenvalue weighted by molar-refractivity contribution is 7.98. The zero-order chi connectivity index (χ0) is 10.7. The van der Waals surface area contributed by atoms with Crippen LogP contribution in [0.15, 0.2) is 18.2 Å². The molecule has 0 atom stereocenters. The fourth-order valence-corrected chi connectivity index (χ4v) is 2.02. The van der Waals surface area contributed by atoms with Crippen LogP contribution in [0.25, 0.3) is 11.0 Å². The number of imidazole rings is 1. The fourth-order valence-electron chi connectivity index (χ4n) is 1.62. The van der Waals surface area contributed by atoms with E-state index in [0.29, 0.717) is 6.54 Å². The van der Waals surface area contributed by atoms with Crippen molar-refractivity contribution >= 4 is 22.8 Å². The van der Waals surface area contributed by atoms with Gasteiger partial charge in [-0.05, 0) is 17.9 Å². The number of benzene rings is 1. The number of nitrogens with one attached hydrogen (secondary N) is 1. The average molecular weight is 221 g/mol. The maximum Gasteiger partial charge on any atom is 0.108 e. The molecular formula is C11H15N3S. The monoisotopic (exact) mass is 221 g/mol. The van der Waals surface area contributed by atoms with Gasteiger partial charge in [-0.15, -0.1) is 0 Å². The number of rotatable bonds is 4. The van der Waals surface area contributed by atoms with Gasteiger partial charge >= 0.3 is 0 Å². The Labute approximate surface area is 93.5 Å². The first-order valence-corrected chi connectivity index (χ1v) is 6.40. The van der Waals surface area contributed by atoms with Crippen LogP contribution in [-0.2, 0) is 13.0 Å². The summed E-state index contributed by atoms with van der Waals surface area (Å²) in [6.07, 6.45) is 3.09.